The normalized spacial score (nSPS) is 16.3. The van der Waals surface area contributed by atoms with Crippen molar-refractivity contribution in [1.29, 1.82) is 0 Å². The van der Waals surface area contributed by atoms with Gasteiger partial charge < -0.3 is 9.64 Å². The number of carbonyl (C=O) groups excluding carboxylic acids is 1. The number of hydrogen-bond donors (Lipinski definition) is 0. The topological polar surface area (TPSA) is 60.2 Å². The van der Waals surface area contributed by atoms with Gasteiger partial charge in [0.2, 0.25) is 5.91 Å². The summed E-state index contributed by atoms with van der Waals surface area (Å²) >= 11 is 0. The lowest BCUT2D eigenvalue weighted by Crippen LogP contribution is -2.29. The Labute approximate surface area is 164 Å². The molecule has 1 amide bonds. The molecule has 0 radical (unpaired) electrons. The van der Waals surface area contributed by atoms with Crippen LogP contribution in [0.1, 0.15) is 30.0 Å². The summed E-state index contributed by atoms with van der Waals surface area (Å²) in [5.41, 5.74) is 2.25. The fraction of sp³-hybridized carbons (Fsp3) is 0.318. The molecule has 2 aromatic carbocycles. The standard InChI is InChI=1S/C22H24N4O2/c27-22(25-13-11-20(16-25)26-14-12-23-24-26)10-9-18-7-4-8-21(15-18)28-17-19-5-2-1-3-6-19/h1-8,12,14-15,20H,9-11,13,16-17H2. The smallest absolute Gasteiger partial charge is 0.222 e. The van der Waals surface area contributed by atoms with Crippen LogP contribution in [0.3, 0.4) is 0 Å². The van der Waals surface area contributed by atoms with Crippen LogP contribution in [-0.4, -0.2) is 38.9 Å². The molecular formula is C22H24N4O2. The summed E-state index contributed by atoms with van der Waals surface area (Å²) in [4.78, 5) is 14.5. The van der Waals surface area contributed by atoms with Crippen LogP contribution in [0.25, 0.3) is 0 Å². The van der Waals surface area contributed by atoms with E-state index in [2.05, 4.69) is 10.3 Å². The highest BCUT2D eigenvalue weighted by Crippen LogP contribution is 2.22. The first kappa shape index (κ1) is 18.2. The largest absolute Gasteiger partial charge is 0.489 e. The highest BCUT2D eigenvalue weighted by Gasteiger charge is 2.27. The van der Waals surface area contributed by atoms with E-state index in [4.69, 9.17) is 4.74 Å². The van der Waals surface area contributed by atoms with Crippen molar-refractivity contribution in [3.63, 3.8) is 0 Å². The van der Waals surface area contributed by atoms with E-state index in [-0.39, 0.29) is 11.9 Å². The number of nitrogens with zero attached hydrogens (tertiary/aromatic N) is 4. The van der Waals surface area contributed by atoms with Crippen LogP contribution >= 0.6 is 0 Å². The maximum absolute atomic E-state index is 12.6. The summed E-state index contributed by atoms with van der Waals surface area (Å²) in [5, 5.41) is 7.90. The fourth-order valence-corrected chi connectivity index (χ4v) is 3.54. The molecule has 2 heterocycles. The molecule has 1 aromatic heterocycles. The molecule has 0 N–H and O–H groups in total. The third kappa shape index (κ3) is 4.57. The molecule has 28 heavy (non-hydrogen) atoms. The van der Waals surface area contributed by atoms with Crippen molar-refractivity contribution < 1.29 is 9.53 Å². The van der Waals surface area contributed by atoms with Gasteiger partial charge in [-0.1, -0.05) is 47.7 Å². The second-order valence-electron chi connectivity index (χ2n) is 7.09. The molecule has 1 unspecified atom stereocenters. The summed E-state index contributed by atoms with van der Waals surface area (Å²) in [6.07, 6.45) is 5.69. The molecule has 4 rings (SSSR count). The molecule has 0 aliphatic carbocycles. The molecule has 6 nitrogen and oxygen atoms in total. The van der Waals surface area contributed by atoms with Crippen LogP contribution in [0.4, 0.5) is 0 Å². The Kier molecular flexibility index (Phi) is 5.66. The third-order valence-electron chi connectivity index (χ3n) is 5.11. The summed E-state index contributed by atoms with van der Waals surface area (Å²) in [6.45, 7) is 2.03. The van der Waals surface area contributed by atoms with Crippen molar-refractivity contribution >= 4 is 5.91 Å². The number of rotatable bonds is 7. The van der Waals surface area contributed by atoms with E-state index >= 15 is 0 Å². The van der Waals surface area contributed by atoms with Gasteiger partial charge in [0, 0.05) is 25.7 Å². The molecule has 1 saturated heterocycles. The Morgan fingerprint density at radius 2 is 1.96 bits per heavy atom. The number of benzene rings is 2. The van der Waals surface area contributed by atoms with Crippen LogP contribution in [0.15, 0.2) is 67.0 Å². The van der Waals surface area contributed by atoms with Crippen molar-refractivity contribution in [2.75, 3.05) is 13.1 Å². The molecule has 6 heteroatoms. The molecule has 1 aliphatic heterocycles. The zero-order valence-corrected chi connectivity index (χ0v) is 15.8. The minimum atomic E-state index is 0.193. The van der Waals surface area contributed by atoms with Gasteiger partial charge in [-0.15, -0.1) is 5.10 Å². The predicted octanol–water partition coefficient (Wildman–Crippen LogP) is 3.26. The van der Waals surface area contributed by atoms with Gasteiger partial charge in [-0.25, -0.2) is 4.68 Å². The average Bonchev–Trinajstić information content (AvgIpc) is 3.43. The van der Waals surface area contributed by atoms with Crippen LogP contribution < -0.4 is 4.74 Å². The van der Waals surface area contributed by atoms with Gasteiger partial charge in [0.25, 0.3) is 0 Å². The van der Waals surface area contributed by atoms with Crippen LogP contribution in [0.5, 0.6) is 5.75 Å². The Morgan fingerprint density at radius 1 is 1.11 bits per heavy atom. The van der Waals surface area contributed by atoms with Gasteiger partial charge in [-0.2, -0.15) is 0 Å². The second-order valence-corrected chi connectivity index (χ2v) is 7.09. The molecule has 3 aromatic rings. The van der Waals surface area contributed by atoms with Gasteiger partial charge in [0.05, 0.1) is 12.2 Å². The van der Waals surface area contributed by atoms with Gasteiger partial charge in [0.1, 0.15) is 12.4 Å². The van der Waals surface area contributed by atoms with Crippen LogP contribution in [-0.2, 0) is 17.8 Å². The summed E-state index contributed by atoms with van der Waals surface area (Å²) < 4.78 is 7.73. The third-order valence-corrected chi connectivity index (χ3v) is 5.11. The zero-order valence-electron chi connectivity index (χ0n) is 15.8. The van der Waals surface area contributed by atoms with Gasteiger partial charge in [0.15, 0.2) is 0 Å². The number of aryl methyl sites for hydroxylation is 1. The Balaban J connectivity index is 1.27. The van der Waals surface area contributed by atoms with E-state index in [1.54, 1.807) is 6.20 Å². The van der Waals surface area contributed by atoms with Crippen molar-refractivity contribution in [3.05, 3.63) is 78.1 Å². The SMILES string of the molecule is O=C(CCc1cccc(OCc2ccccc2)c1)N1CCC(n2ccnn2)C1. The second kappa shape index (κ2) is 8.69. The van der Waals surface area contributed by atoms with Gasteiger partial charge >= 0.3 is 0 Å². The first-order chi connectivity index (χ1) is 13.8. The van der Waals surface area contributed by atoms with Crippen molar-refractivity contribution in [2.24, 2.45) is 0 Å². The highest BCUT2D eigenvalue weighted by atomic mass is 16.5. The van der Waals surface area contributed by atoms with E-state index in [1.807, 2.05) is 70.4 Å². The Bertz CT molecular complexity index is 896. The number of hydrogen-bond acceptors (Lipinski definition) is 4. The summed E-state index contributed by atoms with van der Waals surface area (Å²) in [5.74, 6) is 1.03. The number of ether oxygens (including phenoxy) is 1. The van der Waals surface area contributed by atoms with E-state index in [0.717, 1.165) is 29.8 Å². The minimum Gasteiger partial charge on any atom is -0.489 e. The summed E-state index contributed by atoms with van der Waals surface area (Å²) in [6, 6.07) is 18.4. The quantitative estimate of drug-likeness (QED) is 0.635. The highest BCUT2D eigenvalue weighted by molar-refractivity contribution is 5.76. The predicted molar refractivity (Wildman–Crippen MR) is 106 cm³/mol. The van der Waals surface area contributed by atoms with E-state index in [1.165, 1.54) is 0 Å². The number of likely N-dealkylation sites (tertiary alicyclic amines) is 1. The van der Waals surface area contributed by atoms with Gasteiger partial charge in [-0.3, -0.25) is 4.79 Å². The van der Waals surface area contributed by atoms with Gasteiger partial charge in [-0.05, 0) is 36.1 Å². The number of aromatic nitrogens is 3. The first-order valence-electron chi connectivity index (χ1n) is 9.67. The lowest BCUT2D eigenvalue weighted by Gasteiger charge is -2.16. The molecule has 0 saturated carbocycles. The lowest BCUT2D eigenvalue weighted by molar-refractivity contribution is -0.130. The van der Waals surface area contributed by atoms with Crippen molar-refractivity contribution in [2.45, 2.75) is 31.9 Å². The monoisotopic (exact) mass is 376 g/mol. The maximum atomic E-state index is 12.6. The molecule has 1 atom stereocenters. The molecule has 144 valence electrons. The Morgan fingerprint density at radius 3 is 2.79 bits per heavy atom. The average molecular weight is 376 g/mol. The summed E-state index contributed by atoms with van der Waals surface area (Å²) in [7, 11) is 0. The molecule has 1 aliphatic rings. The van der Waals surface area contributed by atoms with E-state index in [9.17, 15) is 4.79 Å². The van der Waals surface area contributed by atoms with Crippen LogP contribution in [0.2, 0.25) is 0 Å². The van der Waals surface area contributed by atoms with E-state index < -0.39 is 0 Å². The van der Waals surface area contributed by atoms with E-state index in [0.29, 0.717) is 26.0 Å². The number of carbonyl (C=O) groups is 1. The number of amides is 1. The van der Waals surface area contributed by atoms with Crippen molar-refractivity contribution in [3.8, 4) is 5.75 Å². The molecular weight excluding hydrogens is 352 g/mol. The molecule has 0 spiro atoms. The first-order valence-corrected chi connectivity index (χ1v) is 9.67. The zero-order chi connectivity index (χ0) is 19.2. The van der Waals surface area contributed by atoms with Crippen molar-refractivity contribution in [1.82, 2.24) is 19.9 Å². The Hall–Kier alpha value is -3.15. The lowest BCUT2D eigenvalue weighted by atomic mass is 10.1. The minimum absolute atomic E-state index is 0.193. The fourth-order valence-electron chi connectivity index (χ4n) is 3.54. The maximum Gasteiger partial charge on any atom is 0.222 e. The van der Waals surface area contributed by atoms with Crippen LogP contribution in [0, 0.1) is 0 Å². The molecule has 0 bridgehead atoms. The molecule has 1 fully saturated rings.